The van der Waals surface area contributed by atoms with Crippen molar-refractivity contribution in [3.8, 4) is 5.75 Å². The summed E-state index contributed by atoms with van der Waals surface area (Å²) in [5.41, 5.74) is -1.04. The molecule has 0 aliphatic rings. The van der Waals surface area contributed by atoms with Crippen molar-refractivity contribution in [3.63, 3.8) is 0 Å². The molecule has 2 N–H and O–H groups in total. The van der Waals surface area contributed by atoms with Crippen molar-refractivity contribution >= 4 is 27.8 Å². The Labute approximate surface area is 135 Å². The van der Waals surface area contributed by atoms with E-state index in [1.165, 1.54) is 25.3 Å². The number of hydrogen-bond donors (Lipinski definition) is 2. The van der Waals surface area contributed by atoms with Gasteiger partial charge >= 0.3 is 5.97 Å². The van der Waals surface area contributed by atoms with Crippen molar-refractivity contribution < 1.29 is 28.6 Å². The summed E-state index contributed by atoms with van der Waals surface area (Å²) in [6.07, 6.45) is -0.285. The third-order valence-electron chi connectivity index (χ3n) is 2.70. The monoisotopic (exact) mass is 377 g/mol. The van der Waals surface area contributed by atoms with E-state index in [4.69, 9.17) is 14.6 Å². The molecule has 1 aromatic carbocycles. The van der Waals surface area contributed by atoms with E-state index >= 15 is 0 Å². The highest BCUT2D eigenvalue weighted by atomic mass is 79.9. The van der Waals surface area contributed by atoms with Crippen LogP contribution in [0.2, 0.25) is 0 Å². The number of carboxylic acid groups (broad SMARTS) is 1. The average molecular weight is 378 g/mol. The predicted molar refractivity (Wildman–Crippen MR) is 80.3 cm³/mol. The molecule has 0 bridgehead atoms. The minimum Gasteiger partial charge on any atom is -0.483 e. The normalized spacial score (nSPS) is 13.3. The third kappa shape index (κ3) is 5.98. The maximum atomic E-state index is 12.9. The number of halogens is 2. The number of hydrogen-bond acceptors (Lipinski definition) is 4. The van der Waals surface area contributed by atoms with Crippen LogP contribution in [0.15, 0.2) is 22.7 Å². The van der Waals surface area contributed by atoms with Crippen LogP contribution in [0.1, 0.15) is 13.3 Å². The standard InChI is InChI=1S/C14H17BrFNO5/c1-14(8-21-2,6-13(19)20)17-12(18)7-22-11-4-3-9(16)5-10(11)15/h3-5H,6-8H2,1-2H3,(H,17,18)(H,19,20). The molecule has 0 radical (unpaired) electrons. The lowest BCUT2D eigenvalue weighted by atomic mass is 9.99. The Morgan fingerprint density at radius 3 is 2.68 bits per heavy atom. The van der Waals surface area contributed by atoms with Gasteiger partial charge in [0.2, 0.25) is 0 Å². The zero-order valence-electron chi connectivity index (χ0n) is 12.2. The van der Waals surface area contributed by atoms with Gasteiger partial charge in [0.05, 0.1) is 23.0 Å². The summed E-state index contributed by atoms with van der Waals surface area (Å²) in [5.74, 6) is -1.68. The van der Waals surface area contributed by atoms with E-state index in [1.807, 2.05) is 0 Å². The van der Waals surface area contributed by atoms with Crippen molar-refractivity contribution in [2.45, 2.75) is 18.9 Å². The van der Waals surface area contributed by atoms with Crippen LogP contribution in [-0.4, -0.2) is 42.8 Å². The van der Waals surface area contributed by atoms with Crippen molar-refractivity contribution in [3.05, 3.63) is 28.5 Å². The molecule has 0 aliphatic carbocycles. The lowest BCUT2D eigenvalue weighted by Crippen LogP contribution is -2.52. The Kier molecular flexibility index (Phi) is 6.76. The molecule has 1 unspecified atom stereocenters. The number of carbonyl (C=O) groups excluding carboxylic acids is 1. The second-order valence-corrected chi connectivity index (χ2v) is 5.83. The van der Waals surface area contributed by atoms with Crippen LogP contribution in [0.3, 0.4) is 0 Å². The zero-order valence-corrected chi connectivity index (χ0v) is 13.8. The lowest BCUT2D eigenvalue weighted by molar-refractivity contribution is -0.139. The van der Waals surface area contributed by atoms with E-state index in [2.05, 4.69) is 21.2 Å². The highest BCUT2D eigenvalue weighted by Crippen LogP contribution is 2.25. The molecule has 0 saturated carbocycles. The summed E-state index contributed by atoms with van der Waals surface area (Å²) in [6, 6.07) is 3.81. The number of carbonyl (C=O) groups is 2. The molecular formula is C14H17BrFNO5. The number of nitrogens with one attached hydrogen (secondary N) is 1. The van der Waals surface area contributed by atoms with Gasteiger partial charge in [-0.15, -0.1) is 0 Å². The summed E-state index contributed by atoms with van der Waals surface area (Å²) >= 11 is 3.12. The number of benzene rings is 1. The molecular weight excluding hydrogens is 361 g/mol. The molecule has 0 fully saturated rings. The van der Waals surface area contributed by atoms with E-state index in [0.29, 0.717) is 10.2 Å². The van der Waals surface area contributed by atoms with Gasteiger partial charge in [-0.1, -0.05) is 0 Å². The summed E-state index contributed by atoms with van der Waals surface area (Å²) < 4.78 is 23.5. The van der Waals surface area contributed by atoms with Crippen LogP contribution in [0, 0.1) is 5.82 Å². The fourth-order valence-corrected chi connectivity index (χ4v) is 2.36. The van der Waals surface area contributed by atoms with Gasteiger partial charge in [-0.25, -0.2) is 4.39 Å². The summed E-state index contributed by atoms with van der Waals surface area (Å²) in [4.78, 5) is 22.7. The molecule has 1 amide bonds. The van der Waals surface area contributed by atoms with Gasteiger partial charge in [0, 0.05) is 7.11 Å². The lowest BCUT2D eigenvalue weighted by Gasteiger charge is -2.28. The van der Waals surface area contributed by atoms with E-state index < -0.39 is 23.2 Å². The predicted octanol–water partition coefficient (Wildman–Crippen LogP) is 1.96. The summed E-state index contributed by atoms with van der Waals surface area (Å²) in [7, 11) is 1.42. The number of rotatable bonds is 8. The summed E-state index contributed by atoms with van der Waals surface area (Å²) in [6.45, 7) is 1.28. The Morgan fingerprint density at radius 1 is 1.45 bits per heavy atom. The minimum absolute atomic E-state index is 0.0469. The highest BCUT2D eigenvalue weighted by Gasteiger charge is 2.29. The molecule has 1 aromatic rings. The molecule has 0 heterocycles. The first kappa shape index (κ1) is 18.4. The second-order valence-electron chi connectivity index (χ2n) is 4.98. The Morgan fingerprint density at radius 2 is 2.14 bits per heavy atom. The Bertz CT molecular complexity index is 554. The molecule has 122 valence electrons. The Hall–Kier alpha value is -1.67. The third-order valence-corrected chi connectivity index (χ3v) is 3.32. The first-order valence-corrected chi connectivity index (χ1v) is 7.14. The maximum absolute atomic E-state index is 12.9. The van der Waals surface area contributed by atoms with Gasteiger partial charge in [-0.3, -0.25) is 9.59 Å². The van der Waals surface area contributed by atoms with Gasteiger partial charge < -0.3 is 19.9 Å². The average Bonchev–Trinajstić information content (AvgIpc) is 2.36. The largest absolute Gasteiger partial charge is 0.483 e. The number of aliphatic carboxylic acids is 1. The van der Waals surface area contributed by atoms with Gasteiger partial charge in [0.25, 0.3) is 5.91 Å². The summed E-state index contributed by atoms with van der Waals surface area (Å²) in [5, 5.41) is 11.4. The molecule has 0 spiro atoms. The topological polar surface area (TPSA) is 84.9 Å². The SMILES string of the molecule is COCC(C)(CC(=O)O)NC(=O)COc1ccc(F)cc1Br. The fourth-order valence-electron chi connectivity index (χ4n) is 1.89. The number of methoxy groups -OCH3 is 1. The molecule has 0 aromatic heterocycles. The minimum atomic E-state index is -1.05. The van der Waals surface area contributed by atoms with E-state index in [-0.39, 0.29) is 19.6 Å². The van der Waals surface area contributed by atoms with E-state index in [0.717, 1.165) is 0 Å². The van der Waals surface area contributed by atoms with Crippen molar-refractivity contribution in [2.24, 2.45) is 0 Å². The van der Waals surface area contributed by atoms with Crippen molar-refractivity contribution in [1.29, 1.82) is 0 Å². The number of amides is 1. The highest BCUT2D eigenvalue weighted by molar-refractivity contribution is 9.10. The molecule has 8 heteroatoms. The first-order chi connectivity index (χ1) is 10.3. The molecule has 6 nitrogen and oxygen atoms in total. The smallest absolute Gasteiger partial charge is 0.305 e. The van der Waals surface area contributed by atoms with Gasteiger partial charge in [0.15, 0.2) is 6.61 Å². The molecule has 1 rings (SSSR count). The molecule has 0 saturated heterocycles. The maximum Gasteiger partial charge on any atom is 0.305 e. The molecule has 22 heavy (non-hydrogen) atoms. The van der Waals surface area contributed by atoms with Crippen LogP contribution in [0.25, 0.3) is 0 Å². The van der Waals surface area contributed by atoms with Crippen LogP contribution in [0.5, 0.6) is 5.75 Å². The van der Waals surface area contributed by atoms with Crippen molar-refractivity contribution in [2.75, 3.05) is 20.3 Å². The van der Waals surface area contributed by atoms with Gasteiger partial charge in [-0.2, -0.15) is 0 Å². The van der Waals surface area contributed by atoms with Crippen LogP contribution in [-0.2, 0) is 14.3 Å². The molecule has 0 aliphatic heterocycles. The fraction of sp³-hybridized carbons (Fsp3) is 0.429. The quantitative estimate of drug-likeness (QED) is 0.723. The number of ether oxygens (including phenoxy) is 2. The number of carboxylic acids is 1. The van der Waals surface area contributed by atoms with Gasteiger partial charge in [-0.05, 0) is 41.1 Å². The van der Waals surface area contributed by atoms with Gasteiger partial charge in [0.1, 0.15) is 11.6 Å². The molecule has 1 atom stereocenters. The van der Waals surface area contributed by atoms with Crippen molar-refractivity contribution in [1.82, 2.24) is 5.32 Å². The van der Waals surface area contributed by atoms with Crippen LogP contribution in [0.4, 0.5) is 4.39 Å². The van der Waals surface area contributed by atoms with Crippen LogP contribution < -0.4 is 10.1 Å². The van der Waals surface area contributed by atoms with E-state index in [9.17, 15) is 14.0 Å². The van der Waals surface area contributed by atoms with Crippen LogP contribution >= 0.6 is 15.9 Å². The Balaban J connectivity index is 2.62. The first-order valence-electron chi connectivity index (χ1n) is 6.35. The van der Waals surface area contributed by atoms with E-state index in [1.54, 1.807) is 6.92 Å². The zero-order chi connectivity index (χ0) is 16.8. The second kappa shape index (κ2) is 8.09.